The molecule has 1 saturated heterocycles. The molecule has 2 aliphatic rings. The fourth-order valence-electron chi connectivity index (χ4n) is 6.22. The Kier molecular flexibility index (Phi) is 6.25. The fraction of sp³-hybridized carbons (Fsp3) is 0.300. The van der Waals surface area contributed by atoms with Gasteiger partial charge in [0.1, 0.15) is 11.6 Å². The van der Waals surface area contributed by atoms with Crippen molar-refractivity contribution < 1.29 is 8.78 Å². The highest BCUT2D eigenvalue weighted by atomic mass is 35.5. The van der Waals surface area contributed by atoms with E-state index in [1.807, 2.05) is 41.0 Å². The molecule has 1 aromatic heterocycles. The van der Waals surface area contributed by atoms with Crippen molar-refractivity contribution in [3.8, 4) is 0 Å². The lowest BCUT2D eigenvalue weighted by Gasteiger charge is -2.42. The summed E-state index contributed by atoms with van der Waals surface area (Å²) in [7, 11) is 0. The van der Waals surface area contributed by atoms with Crippen LogP contribution in [-0.4, -0.2) is 33.6 Å². The van der Waals surface area contributed by atoms with Crippen molar-refractivity contribution in [1.82, 2.24) is 14.5 Å². The molecule has 0 saturated carbocycles. The first-order valence-electron chi connectivity index (χ1n) is 12.8. The lowest BCUT2D eigenvalue weighted by molar-refractivity contribution is 0.144. The van der Waals surface area contributed by atoms with Crippen molar-refractivity contribution in [2.24, 2.45) is 0 Å². The number of hydrogen-bond acceptors (Lipinski definition) is 2. The van der Waals surface area contributed by atoms with E-state index in [2.05, 4.69) is 22.0 Å². The SMILES string of the molecule is O=c1[nH]c2cc(Cl)ccc2n1C1CCN(C2C=CC(c3ccc(F)cc3)(c3ccc(F)cc3)CC2)CC1. The molecule has 1 N–H and O–H groups in total. The number of H-pyrrole nitrogens is 1. The Labute approximate surface area is 219 Å². The van der Waals surface area contributed by atoms with Crippen LogP contribution in [0.15, 0.2) is 83.7 Å². The Morgan fingerprint density at radius 2 is 1.49 bits per heavy atom. The number of nitrogens with zero attached hydrogens (tertiary/aromatic N) is 2. The molecule has 1 unspecified atom stereocenters. The second kappa shape index (κ2) is 9.58. The van der Waals surface area contributed by atoms with Gasteiger partial charge in [-0.3, -0.25) is 9.47 Å². The van der Waals surface area contributed by atoms with E-state index in [0.29, 0.717) is 5.02 Å². The molecule has 37 heavy (non-hydrogen) atoms. The monoisotopic (exact) mass is 519 g/mol. The number of fused-ring (bicyclic) bond motifs is 1. The minimum atomic E-state index is -0.422. The Bertz CT molecular complexity index is 1450. The molecule has 6 rings (SSSR count). The zero-order chi connectivity index (χ0) is 25.6. The van der Waals surface area contributed by atoms with E-state index in [1.165, 1.54) is 24.3 Å². The number of imidazole rings is 1. The van der Waals surface area contributed by atoms with E-state index < -0.39 is 5.41 Å². The highest BCUT2D eigenvalue weighted by Crippen LogP contribution is 2.42. The average Bonchev–Trinajstić information content (AvgIpc) is 3.24. The van der Waals surface area contributed by atoms with Gasteiger partial charge in [0.05, 0.1) is 11.0 Å². The maximum atomic E-state index is 13.7. The predicted octanol–water partition coefficient (Wildman–Crippen LogP) is 6.60. The third-order valence-electron chi connectivity index (χ3n) is 8.17. The molecular formula is C30H28ClF2N3O. The minimum Gasteiger partial charge on any atom is -0.305 e. The van der Waals surface area contributed by atoms with Gasteiger partial charge in [0.25, 0.3) is 0 Å². The van der Waals surface area contributed by atoms with E-state index in [-0.39, 0.29) is 29.4 Å². The van der Waals surface area contributed by atoms with Gasteiger partial charge in [-0.05, 0) is 79.3 Å². The summed E-state index contributed by atoms with van der Waals surface area (Å²) in [6.45, 7) is 1.79. The molecule has 4 aromatic rings. The molecule has 190 valence electrons. The molecule has 1 atom stereocenters. The molecule has 0 radical (unpaired) electrons. The van der Waals surface area contributed by atoms with Crippen LogP contribution in [0.4, 0.5) is 8.78 Å². The quantitative estimate of drug-likeness (QED) is 0.308. The Balaban J connectivity index is 1.22. The van der Waals surface area contributed by atoms with Crippen LogP contribution < -0.4 is 5.69 Å². The van der Waals surface area contributed by atoms with Crippen LogP contribution in [0.2, 0.25) is 5.02 Å². The van der Waals surface area contributed by atoms with Gasteiger partial charge in [0, 0.05) is 35.6 Å². The minimum absolute atomic E-state index is 0.0864. The van der Waals surface area contributed by atoms with Gasteiger partial charge in [0.2, 0.25) is 0 Å². The first kappa shape index (κ1) is 24.1. The first-order chi connectivity index (χ1) is 17.9. The highest BCUT2D eigenvalue weighted by molar-refractivity contribution is 6.31. The van der Waals surface area contributed by atoms with Gasteiger partial charge in [-0.15, -0.1) is 0 Å². The Morgan fingerprint density at radius 1 is 0.865 bits per heavy atom. The number of nitrogens with one attached hydrogen (secondary N) is 1. The number of rotatable bonds is 4. The number of aromatic nitrogens is 2. The summed E-state index contributed by atoms with van der Waals surface area (Å²) in [4.78, 5) is 18.1. The number of benzene rings is 3. The van der Waals surface area contributed by atoms with Crippen LogP contribution in [0.25, 0.3) is 11.0 Å². The second-order valence-electron chi connectivity index (χ2n) is 10.2. The summed E-state index contributed by atoms with van der Waals surface area (Å²) in [6.07, 6.45) is 8.04. The zero-order valence-corrected chi connectivity index (χ0v) is 21.1. The molecule has 4 nitrogen and oxygen atoms in total. The number of allylic oxidation sites excluding steroid dienone is 1. The largest absolute Gasteiger partial charge is 0.326 e. The Hall–Kier alpha value is -3.22. The van der Waals surface area contributed by atoms with Gasteiger partial charge >= 0.3 is 5.69 Å². The number of likely N-dealkylation sites (tertiary alicyclic amines) is 1. The van der Waals surface area contributed by atoms with Crippen LogP contribution >= 0.6 is 11.6 Å². The van der Waals surface area contributed by atoms with Crippen LogP contribution in [-0.2, 0) is 5.41 Å². The number of aromatic amines is 1. The molecule has 0 bridgehead atoms. The fourth-order valence-corrected chi connectivity index (χ4v) is 6.39. The molecule has 0 spiro atoms. The van der Waals surface area contributed by atoms with Crippen LogP contribution in [0.5, 0.6) is 0 Å². The third kappa shape index (κ3) is 4.42. The number of hydrogen-bond donors (Lipinski definition) is 1. The molecule has 1 aliphatic heterocycles. The van der Waals surface area contributed by atoms with Crippen LogP contribution in [0, 0.1) is 11.6 Å². The molecule has 2 heterocycles. The van der Waals surface area contributed by atoms with E-state index in [1.54, 1.807) is 6.07 Å². The second-order valence-corrected chi connectivity index (χ2v) is 10.6. The van der Waals surface area contributed by atoms with E-state index in [9.17, 15) is 13.6 Å². The summed E-state index contributed by atoms with van der Waals surface area (Å²) in [5.41, 5.74) is 3.17. The van der Waals surface area contributed by atoms with Crippen molar-refractivity contribution >= 4 is 22.6 Å². The van der Waals surface area contributed by atoms with Gasteiger partial charge in [-0.1, -0.05) is 48.0 Å². The molecule has 7 heteroatoms. The standard InChI is InChI=1S/C30H28ClF2N3O/c31-22-5-10-28-27(19-22)34-29(37)36(28)26-13-17-35(18-14-26)25-11-15-30(16-12-25,20-1-6-23(32)7-2-20)21-3-8-24(33)9-4-21/h1-11,15,19,25-26H,12-14,16-18H2,(H,34,37). The van der Waals surface area contributed by atoms with Crippen LogP contribution in [0.3, 0.4) is 0 Å². The van der Waals surface area contributed by atoms with E-state index >= 15 is 0 Å². The maximum absolute atomic E-state index is 13.7. The molecule has 1 aliphatic carbocycles. The maximum Gasteiger partial charge on any atom is 0.326 e. The summed E-state index contributed by atoms with van der Waals surface area (Å²) in [5, 5.41) is 0.608. The molecule has 3 aromatic carbocycles. The zero-order valence-electron chi connectivity index (χ0n) is 20.3. The van der Waals surface area contributed by atoms with Crippen molar-refractivity contribution in [3.05, 3.63) is 117 Å². The summed E-state index contributed by atoms with van der Waals surface area (Å²) in [5.74, 6) is -0.535. The van der Waals surface area contributed by atoms with E-state index in [4.69, 9.17) is 11.6 Å². The van der Waals surface area contributed by atoms with Gasteiger partial charge in [-0.2, -0.15) is 0 Å². The van der Waals surface area contributed by atoms with Crippen LogP contribution in [0.1, 0.15) is 42.9 Å². The molecular weight excluding hydrogens is 492 g/mol. The highest BCUT2D eigenvalue weighted by Gasteiger charge is 2.37. The lowest BCUT2D eigenvalue weighted by atomic mass is 9.68. The van der Waals surface area contributed by atoms with Gasteiger partial charge in [0.15, 0.2) is 0 Å². The molecule has 0 amide bonds. The van der Waals surface area contributed by atoms with Gasteiger partial charge < -0.3 is 4.98 Å². The van der Waals surface area contributed by atoms with Crippen molar-refractivity contribution in [3.63, 3.8) is 0 Å². The first-order valence-corrected chi connectivity index (χ1v) is 13.2. The molecule has 1 fully saturated rings. The number of halogens is 3. The van der Waals surface area contributed by atoms with Crippen molar-refractivity contribution in [2.45, 2.75) is 43.2 Å². The van der Waals surface area contributed by atoms with Crippen molar-refractivity contribution in [2.75, 3.05) is 13.1 Å². The smallest absolute Gasteiger partial charge is 0.305 e. The summed E-state index contributed by atoms with van der Waals surface area (Å²) < 4.78 is 29.3. The average molecular weight is 520 g/mol. The summed E-state index contributed by atoms with van der Waals surface area (Å²) in [6, 6.07) is 19.3. The lowest BCUT2D eigenvalue weighted by Crippen LogP contribution is -2.44. The normalized spacial score (nSPS) is 20.5. The predicted molar refractivity (Wildman–Crippen MR) is 143 cm³/mol. The topological polar surface area (TPSA) is 41.0 Å². The van der Waals surface area contributed by atoms with E-state index in [0.717, 1.165) is 60.9 Å². The van der Waals surface area contributed by atoms with Crippen molar-refractivity contribution in [1.29, 1.82) is 0 Å². The van der Waals surface area contributed by atoms with Gasteiger partial charge in [-0.25, -0.2) is 13.6 Å². The Morgan fingerprint density at radius 3 is 2.05 bits per heavy atom. The summed E-state index contributed by atoms with van der Waals surface area (Å²) >= 11 is 6.11. The third-order valence-corrected chi connectivity index (χ3v) is 8.40. The number of piperidine rings is 1.